The fourth-order valence-electron chi connectivity index (χ4n) is 2.01. The highest BCUT2D eigenvalue weighted by Crippen LogP contribution is 2.33. The molecule has 0 aromatic heterocycles. The van der Waals surface area contributed by atoms with E-state index in [-0.39, 0.29) is 4.90 Å². The van der Waals surface area contributed by atoms with E-state index in [4.69, 9.17) is 9.47 Å². The van der Waals surface area contributed by atoms with Gasteiger partial charge in [-0.15, -0.1) is 0 Å². The monoisotopic (exact) mass is 385 g/mol. The third-order valence-electron chi connectivity index (χ3n) is 3.05. The number of ether oxygens (including phenoxy) is 2. The molecule has 2 rings (SSSR count). The van der Waals surface area contributed by atoms with Crippen LogP contribution in [0, 0.1) is 6.92 Å². The van der Waals surface area contributed by atoms with Crippen LogP contribution in [0.15, 0.2) is 45.8 Å². The van der Waals surface area contributed by atoms with Crippen molar-refractivity contribution in [3.8, 4) is 11.5 Å². The topological polar surface area (TPSA) is 64.6 Å². The van der Waals surface area contributed by atoms with Gasteiger partial charge < -0.3 is 9.47 Å². The summed E-state index contributed by atoms with van der Waals surface area (Å²) >= 11 is 3.31. The Balaban J connectivity index is 2.45. The molecule has 0 heterocycles. The third-order valence-corrected chi connectivity index (χ3v) is 5.06. The molecule has 1 N–H and O–H groups in total. The molecule has 118 valence electrons. The van der Waals surface area contributed by atoms with Crippen molar-refractivity contribution in [2.24, 2.45) is 0 Å². The minimum atomic E-state index is -3.72. The summed E-state index contributed by atoms with van der Waals surface area (Å²) < 4.78 is 38.8. The van der Waals surface area contributed by atoms with Gasteiger partial charge >= 0.3 is 0 Å². The SMILES string of the molecule is COc1cc(C)c(S(=O)(=O)Nc2cccc(Br)c2)cc1OC. The minimum absolute atomic E-state index is 0.144. The molecular weight excluding hydrogens is 370 g/mol. The summed E-state index contributed by atoms with van der Waals surface area (Å²) in [6.45, 7) is 1.71. The zero-order chi connectivity index (χ0) is 16.3. The molecule has 0 aliphatic heterocycles. The Morgan fingerprint density at radius 3 is 2.27 bits per heavy atom. The van der Waals surface area contributed by atoms with Crippen LogP contribution in [0.3, 0.4) is 0 Å². The van der Waals surface area contributed by atoms with Crippen molar-refractivity contribution in [1.29, 1.82) is 0 Å². The molecule has 0 bridgehead atoms. The molecule has 5 nitrogen and oxygen atoms in total. The highest BCUT2D eigenvalue weighted by Gasteiger charge is 2.20. The smallest absolute Gasteiger partial charge is 0.262 e. The first kappa shape index (κ1) is 16.6. The van der Waals surface area contributed by atoms with Crippen molar-refractivity contribution < 1.29 is 17.9 Å². The molecule has 0 saturated carbocycles. The molecule has 0 aliphatic rings. The van der Waals surface area contributed by atoms with Crippen molar-refractivity contribution in [2.75, 3.05) is 18.9 Å². The second-order valence-corrected chi connectivity index (χ2v) is 7.16. The molecule has 2 aromatic rings. The molecule has 0 atom stereocenters. The van der Waals surface area contributed by atoms with Crippen molar-refractivity contribution >= 4 is 31.6 Å². The number of benzene rings is 2. The minimum Gasteiger partial charge on any atom is -0.493 e. The van der Waals surface area contributed by atoms with Crippen LogP contribution in [0.5, 0.6) is 11.5 Å². The lowest BCUT2D eigenvalue weighted by molar-refractivity contribution is 0.353. The van der Waals surface area contributed by atoms with Gasteiger partial charge in [-0.25, -0.2) is 8.42 Å². The van der Waals surface area contributed by atoms with E-state index in [0.29, 0.717) is 22.7 Å². The zero-order valence-electron chi connectivity index (χ0n) is 12.4. The van der Waals surface area contributed by atoms with Crippen LogP contribution in [0.4, 0.5) is 5.69 Å². The first-order valence-electron chi connectivity index (χ1n) is 6.38. The van der Waals surface area contributed by atoms with Crippen LogP contribution >= 0.6 is 15.9 Å². The zero-order valence-corrected chi connectivity index (χ0v) is 14.8. The first-order valence-corrected chi connectivity index (χ1v) is 8.66. The average Bonchev–Trinajstić information content (AvgIpc) is 2.46. The van der Waals surface area contributed by atoms with Crippen LogP contribution in [0.25, 0.3) is 0 Å². The maximum Gasteiger partial charge on any atom is 0.262 e. The van der Waals surface area contributed by atoms with E-state index in [1.54, 1.807) is 31.2 Å². The van der Waals surface area contributed by atoms with Gasteiger partial charge in [-0.1, -0.05) is 22.0 Å². The Kier molecular flexibility index (Phi) is 4.97. The highest BCUT2D eigenvalue weighted by atomic mass is 79.9. The largest absolute Gasteiger partial charge is 0.493 e. The maximum absolute atomic E-state index is 12.6. The standard InChI is InChI=1S/C15H16BrNO4S/c1-10-7-13(20-2)14(21-3)9-15(10)22(18,19)17-12-6-4-5-11(16)8-12/h4-9,17H,1-3H3. The number of halogens is 1. The van der Waals surface area contributed by atoms with E-state index in [0.717, 1.165) is 4.47 Å². The first-order chi connectivity index (χ1) is 10.4. The Labute approximate surface area is 138 Å². The van der Waals surface area contributed by atoms with Gasteiger partial charge in [0.2, 0.25) is 0 Å². The van der Waals surface area contributed by atoms with Gasteiger partial charge in [0.25, 0.3) is 10.0 Å². The van der Waals surface area contributed by atoms with Gasteiger partial charge in [-0.05, 0) is 36.8 Å². The van der Waals surface area contributed by atoms with Gasteiger partial charge in [0.1, 0.15) is 0 Å². The third kappa shape index (κ3) is 3.53. The lowest BCUT2D eigenvalue weighted by Crippen LogP contribution is -2.14. The second-order valence-electron chi connectivity index (χ2n) is 4.59. The molecule has 0 aliphatic carbocycles. The van der Waals surface area contributed by atoms with Crippen molar-refractivity contribution in [1.82, 2.24) is 0 Å². The van der Waals surface area contributed by atoms with Crippen LogP contribution in [-0.4, -0.2) is 22.6 Å². The number of methoxy groups -OCH3 is 2. The normalized spacial score (nSPS) is 11.1. The number of hydrogen-bond donors (Lipinski definition) is 1. The van der Waals surface area contributed by atoms with Crippen LogP contribution in [0.1, 0.15) is 5.56 Å². The fourth-order valence-corrected chi connectivity index (χ4v) is 3.71. The Hall–Kier alpha value is -1.73. The van der Waals surface area contributed by atoms with Gasteiger partial charge in [0.15, 0.2) is 11.5 Å². The molecule has 0 fully saturated rings. The summed E-state index contributed by atoms with van der Waals surface area (Å²) in [4.78, 5) is 0.144. The van der Waals surface area contributed by atoms with E-state index in [2.05, 4.69) is 20.7 Å². The quantitative estimate of drug-likeness (QED) is 0.853. The van der Waals surface area contributed by atoms with Crippen molar-refractivity contribution in [3.05, 3.63) is 46.4 Å². The Morgan fingerprint density at radius 1 is 1.05 bits per heavy atom. The summed E-state index contributed by atoms with van der Waals surface area (Å²) in [5.74, 6) is 0.851. The predicted octanol–water partition coefficient (Wildman–Crippen LogP) is 3.58. The van der Waals surface area contributed by atoms with Gasteiger partial charge in [0.05, 0.1) is 19.1 Å². The number of nitrogens with one attached hydrogen (secondary N) is 1. The molecule has 0 radical (unpaired) electrons. The fraction of sp³-hybridized carbons (Fsp3) is 0.200. The van der Waals surface area contributed by atoms with Crippen LogP contribution < -0.4 is 14.2 Å². The lowest BCUT2D eigenvalue weighted by atomic mass is 10.2. The highest BCUT2D eigenvalue weighted by molar-refractivity contribution is 9.10. The summed E-state index contributed by atoms with van der Waals surface area (Å²) in [5.41, 5.74) is 1.05. The van der Waals surface area contributed by atoms with Crippen molar-refractivity contribution in [2.45, 2.75) is 11.8 Å². The molecule has 0 spiro atoms. The number of anilines is 1. The van der Waals surface area contributed by atoms with E-state index >= 15 is 0 Å². The van der Waals surface area contributed by atoms with E-state index < -0.39 is 10.0 Å². The summed E-state index contributed by atoms with van der Waals surface area (Å²) in [6, 6.07) is 10.0. The second kappa shape index (κ2) is 6.58. The van der Waals surface area contributed by atoms with Gasteiger partial charge in [0, 0.05) is 16.2 Å². The molecule has 22 heavy (non-hydrogen) atoms. The lowest BCUT2D eigenvalue weighted by Gasteiger charge is -2.14. The molecule has 0 saturated heterocycles. The molecular formula is C15H16BrNO4S. The summed E-state index contributed by atoms with van der Waals surface area (Å²) in [7, 11) is -0.756. The van der Waals surface area contributed by atoms with E-state index in [1.807, 2.05) is 6.07 Å². The number of sulfonamides is 1. The Morgan fingerprint density at radius 2 is 1.68 bits per heavy atom. The van der Waals surface area contributed by atoms with Gasteiger partial charge in [-0.3, -0.25) is 4.72 Å². The van der Waals surface area contributed by atoms with Crippen LogP contribution in [-0.2, 0) is 10.0 Å². The van der Waals surface area contributed by atoms with E-state index in [1.165, 1.54) is 20.3 Å². The average molecular weight is 386 g/mol. The summed E-state index contributed by atoms with van der Waals surface area (Å²) in [5, 5.41) is 0. The molecule has 0 unspecified atom stereocenters. The summed E-state index contributed by atoms with van der Waals surface area (Å²) in [6.07, 6.45) is 0. The van der Waals surface area contributed by atoms with Gasteiger partial charge in [-0.2, -0.15) is 0 Å². The number of rotatable bonds is 5. The maximum atomic E-state index is 12.6. The van der Waals surface area contributed by atoms with Crippen LogP contribution in [0.2, 0.25) is 0 Å². The predicted molar refractivity (Wildman–Crippen MR) is 89.2 cm³/mol. The molecule has 0 amide bonds. The number of aryl methyl sites for hydroxylation is 1. The van der Waals surface area contributed by atoms with Crippen molar-refractivity contribution in [3.63, 3.8) is 0 Å². The van der Waals surface area contributed by atoms with E-state index in [9.17, 15) is 8.42 Å². The number of hydrogen-bond acceptors (Lipinski definition) is 4. The molecule has 2 aromatic carbocycles. The molecule has 7 heteroatoms. The Bertz CT molecular complexity index is 790.